The van der Waals surface area contributed by atoms with Gasteiger partial charge in [-0.3, -0.25) is 0 Å². The Labute approximate surface area is 131 Å². The molecule has 1 aliphatic heterocycles. The average molecular weight is 320 g/mol. The molecule has 2 heterocycles. The average Bonchev–Trinajstić information content (AvgIpc) is 3.03. The Kier molecular flexibility index (Phi) is 3.82. The summed E-state index contributed by atoms with van der Waals surface area (Å²) in [5.74, 6) is 0.583. The van der Waals surface area contributed by atoms with Crippen LogP contribution in [0.4, 0.5) is 0 Å². The monoisotopic (exact) mass is 320 g/mol. The number of sulfonamides is 1. The zero-order valence-corrected chi connectivity index (χ0v) is 13.8. The van der Waals surface area contributed by atoms with Gasteiger partial charge in [-0.05, 0) is 38.7 Å². The molecule has 3 rings (SSSR count). The highest BCUT2D eigenvalue weighted by Crippen LogP contribution is 2.36. The van der Waals surface area contributed by atoms with E-state index >= 15 is 0 Å². The molecule has 1 saturated heterocycles. The van der Waals surface area contributed by atoms with E-state index in [1.165, 1.54) is 5.56 Å². The minimum absolute atomic E-state index is 0.0380. The van der Waals surface area contributed by atoms with Crippen molar-refractivity contribution in [3.63, 3.8) is 0 Å². The van der Waals surface area contributed by atoms with Crippen molar-refractivity contribution in [2.75, 3.05) is 6.54 Å². The first-order valence-corrected chi connectivity index (χ1v) is 8.85. The molecular formula is C16H20N2O3S. The van der Waals surface area contributed by atoms with Gasteiger partial charge < -0.3 is 4.52 Å². The summed E-state index contributed by atoms with van der Waals surface area (Å²) in [5.41, 5.74) is 1.61. The number of benzene rings is 1. The van der Waals surface area contributed by atoms with Crippen molar-refractivity contribution in [1.82, 2.24) is 9.46 Å². The third-order valence-corrected chi connectivity index (χ3v) is 6.55. The SMILES string of the molecule is Cc1noc(C)c1S(=O)(=O)N1CC(c2ccccc2)CC1C. The van der Waals surface area contributed by atoms with E-state index in [2.05, 4.69) is 17.3 Å². The zero-order chi connectivity index (χ0) is 15.9. The normalized spacial score (nSPS) is 23.0. The van der Waals surface area contributed by atoms with Gasteiger partial charge in [-0.15, -0.1) is 0 Å². The van der Waals surface area contributed by atoms with Crippen LogP contribution in [0.25, 0.3) is 0 Å². The lowest BCUT2D eigenvalue weighted by atomic mass is 9.97. The highest BCUT2D eigenvalue weighted by Gasteiger charge is 2.40. The summed E-state index contributed by atoms with van der Waals surface area (Å²) in [4.78, 5) is 0.216. The quantitative estimate of drug-likeness (QED) is 0.872. The first-order chi connectivity index (χ1) is 10.4. The van der Waals surface area contributed by atoms with E-state index in [1.54, 1.807) is 18.2 Å². The largest absolute Gasteiger partial charge is 0.360 e. The summed E-state index contributed by atoms with van der Waals surface area (Å²) in [6.45, 7) is 5.76. The van der Waals surface area contributed by atoms with Gasteiger partial charge >= 0.3 is 0 Å². The van der Waals surface area contributed by atoms with Crippen molar-refractivity contribution in [2.24, 2.45) is 0 Å². The fourth-order valence-electron chi connectivity index (χ4n) is 3.26. The number of aryl methyl sites for hydroxylation is 2. The maximum atomic E-state index is 13.0. The Bertz CT molecular complexity index is 748. The summed E-state index contributed by atoms with van der Waals surface area (Å²) in [6, 6.07) is 10.0. The van der Waals surface area contributed by atoms with Crippen LogP contribution < -0.4 is 0 Å². The summed E-state index contributed by atoms with van der Waals surface area (Å²) in [7, 11) is -3.57. The molecule has 0 radical (unpaired) electrons. The van der Waals surface area contributed by atoms with E-state index in [0.29, 0.717) is 18.0 Å². The lowest BCUT2D eigenvalue weighted by molar-refractivity contribution is 0.386. The number of rotatable bonds is 3. The second kappa shape index (κ2) is 5.52. The van der Waals surface area contributed by atoms with E-state index in [9.17, 15) is 8.42 Å². The first-order valence-electron chi connectivity index (χ1n) is 7.41. The standard InChI is InChI=1S/C16H20N2O3S/c1-11-9-15(14-7-5-4-6-8-14)10-18(11)22(19,20)16-12(2)17-21-13(16)3/h4-8,11,15H,9-10H2,1-3H3. The molecule has 118 valence electrons. The molecule has 2 aromatic rings. The maximum Gasteiger partial charge on any atom is 0.248 e. The van der Waals surface area contributed by atoms with Crippen molar-refractivity contribution in [1.29, 1.82) is 0 Å². The minimum Gasteiger partial charge on any atom is -0.360 e. The predicted octanol–water partition coefficient (Wildman–Crippen LogP) is 2.86. The maximum absolute atomic E-state index is 13.0. The first kappa shape index (κ1) is 15.2. The molecule has 22 heavy (non-hydrogen) atoms. The van der Waals surface area contributed by atoms with Gasteiger partial charge in [0.25, 0.3) is 0 Å². The predicted molar refractivity (Wildman–Crippen MR) is 83.1 cm³/mol. The van der Waals surface area contributed by atoms with Crippen LogP contribution >= 0.6 is 0 Å². The molecule has 0 amide bonds. The number of hydrogen-bond donors (Lipinski definition) is 0. The molecule has 0 spiro atoms. The van der Waals surface area contributed by atoms with Gasteiger partial charge in [-0.25, -0.2) is 8.42 Å². The molecule has 1 aliphatic rings. The second-order valence-corrected chi connectivity index (χ2v) is 7.75. The highest BCUT2D eigenvalue weighted by atomic mass is 32.2. The van der Waals surface area contributed by atoms with Crippen LogP contribution in [0.1, 0.15) is 36.3 Å². The fraction of sp³-hybridized carbons (Fsp3) is 0.438. The van der Waals surface area contributed by atoms with Crippen LogP contribution in [0.3, 0.4) is 0 Å². The second-order valence-electron chi connectivity index (χ2n) is 5.92. The fourth-order valence-corrected chi connectivity index (χ4v) is 5.24. The third-order valence-electron chi connectivity index (χ3n) is 4.32. The van der Waals surface area contributed by atoms with Crippen molar-refractivity contribution in [2.45, 2.75) is 44.0 Å². The van der Waals surface area contributed by atoms with E-state index in [-0.39, 0.29) is 16.9 Å². The topological polar surface area (TPSA) is 63.4 Å². The van der Waals surface area contributed by atoms with Gasteiger partial charge in [-0.2, -0.15) is 4.31 Å². The van der Waals surface area contributed by atoms with Crippen molar-refractivity contribution in [3.05, 3.63) is 47.3 Å². The third kappa shape index (κ3) is 2.46. The molecule has 1 fully saturated rings. The van der Waals surface area contributed by atoms with Crippen LogP contribution in [0.2, 0.25) is 0 Å². The Balaban J connectivity index is 1.93. The summed E-state index contributed by atoms with van der Waals surface area (Å²) in [5, 5.41) is 3.78. The van der Waals surface area contributed by atoms with Crippen LogP contribution in [0, 0.1) is 13.8 Å². The molecule has 5 nitrogen and oxygen atoms in total. The molecular weight excluding hydrogens is 300 g/mol. The Morgan fingerprint density at radius 3 is 2.50 bits per heavy atom. The van der Waals surface area contributed by atoms with Crippen LogP contribution in [0.5, 0.6) is 0 Å². The molecule has 1 aromatic carbocycles. The number of aromatic nitrogens is 1. The van der Waals surface area contributed by atoms with Crippen molar-refractivity contribution < 1.29 is 12.9 Å². The Hall–Kier alpha value is -1.66. The Morgan fingerprint density at radius 1 is 1.23 bits per heavy atom. The molecule has 2 atom stereocenters. The molecule has 0 aliphatic carbocycles. The summed E-state index contributed by atoms with van der Waals surface area (Å²) >= 11 is 0. The molecule has 0 N–H and O–H groups in total. The van der Waals surface area contributed by atoms with Crippen LogP contribution in [-0.4, -0.2) is 30.5 Å². The summed E-state index contributed by atoms with van der Waals surface area (Å²) in [6.07, 6.45) is 0.826. The van der Waals surface area contributed by atoms with Gasteiger partial charge in [0, 0.05) is 12.6 Å². The van der Waals surface area contributed by atoms with Gasteiger partial charge in [0.2, 0.25) is 10.0 Å². The van der Waals surface area contributed by atoms with E-state index in [4.69, 9.17) is 4.52 Å². The lowest BCUT2D eigenvalue weighted by Crippen LogP contribution is -2.34. The van der Waals surface area contributed by atoms with Crippen molar-refractivity contribution >= 4 is 10.0 Å². The molecule has 6 heteroatoms. The van der Waals surface area contributed by atoms with Crippen LogP contribution in [0.15, 0.2) is 39.8 Å². The van der Waals surface area contributed by atoms with Crippen molar-refractivity contribution in [3.8, 4) is 0 Å². The summed E-state index contributed by atoms with van der Waals surface area (Å²) < 4.78 is 32.5. The Morgan fingerprint density at radius 2 is 1.91 bits per heavy atom. The van der Waals surface area contributed by atoms with Gasteiger partial charge in [0.05, 0.1) is 0 Å². The van der Waals surface area contributed by atoms with Gasteiger partial charge in [-0.1, -0.05) is 35.5 Å². The highest BCUT2D eigenvalue weighted by molar-refractivity contribution is 7.89. The van der Waals surface area contributed by atoms with E-state index in [0.717, 1.165) is 6.42 Å². The smallest absolute Gasteiger partial charge is 0.248 e. The van der Waals surface area contributed by atoms with Gasteiger partial charge in [0.15, 0.2) is 5.76 Å². The minimum atomic E-state index is -3.57. The van der Waals surface area contributed by atoms with E-state index < -0.39 is 10.0 Å². The van der Waals surface area contributed by atoms with Crippen LogP contribution in [-0.2, 0) is 10.0 Å². The lowest BCUT2D eigenvalue weighted by Gasteiger charge is -2.20. The molecule has 2 unspecified atom stereocenters. The van der Waals surface area contributed by atoms with E-state index in [1.807, 2.05) is 25.1 Å². The molecule has 0 bridgehead atoms. The number of hydrogen-bond acceptors (Lipinski definition) is 4. The zero-order valence-electron chi connectivity index (χ0n) is 13.0. The molecule has 0 saturated carbocycles. The molecule has 1 aromatic heterocycles. The van der Waals surface area contributed by atoms with Gasteiger partial charge in [0.1, 0.15) is 10.6 Å². The number of nitrogens with zero attached hydrogens (tertiary/aromatic N) is 2.